The van der Waals surface area contributed by atoms with E-state index < -0.39 is 18.7 Å². The van der Waals surface area contributed by atoms with Gasteiger partial charge in [-0.2, -0.15) is 0 Å². The molecule has 1 N–H and O–H groups in total. The Hall–Kier alpha value is -0.637. The van der Waals surface area contributed by atoms with Gasteiger partial charge in [-0.3, -0.25) is 0 Å². The zero-order chi connectivity index (χ0) is 9.30. The minimum atomic E-state index is -2.07. The van der Waals surface area contributed by atoms with Gasteiger partial charge in [0.25, 0.3) is 0 Å². The third kappa shape index (κ3) is 1.58. The summed E-state index contributed by atoms with van der Waals surface area (Å²) in [5, 5.41) is 8.89. The van der Waals surface area contributed by atoms with Gasteiger partial charge in [0.2, 0.25) is 0 Å². The van der Waals surface area contributed by atoms with Gasteiger partial charge >= 0.3 is 75.9 Å². The van der Waals surface area contributed by atoms with Gasteiger partial charge in [-0.1, -0.05) is 0 Å². The molecule has 0 spiro atoms. The zero-order valence-electron chi connectivity index (χ0n) is 7.51. The summed E-state index contributed by atoms with van der Waals surface area (Å²) in [5.74, 6) is 0. The summed E-state index contributed by atoms with van der Waals surface area (Å²) in [6.45, 7) is 5.97. The quantitative estimate of drug-likeness (QED) is 0.692. The molecular weight excluding hydrogens is 213 g/mol. The molecule has 0 atom stereocenters. The van der Waals surface area contributed by atoms with Crippen LogP contribution in [0.2, 0.25) is 0 Å². The van der Waals surface area contributed by atoms with E-state index in [1.165, 1.54) is 11.1 Å². The topological polar surface area (TPSA) is 37.3 Å². The van der Waals surface area contributed by atoms with Gasteiger partial charge in [-0.15, -0.1) is 0 Å². The van der Waals surface area contributed by atoms with Crippen LogP contribution >= 0.6 is 0 Å². The molecule has 0 fully saturated rings. The summed E-state index contributed by atoms with van der Waals surface area (Å²) >= 11 is -2.07. The average molecular weight is 225 g/mol. The van der Waals surface area contributed by atoms with Gasteiger partial charge in [0.1, 0.15) is 0 Å². The van der Waals surface area contributed by atoms with Crippen LogP contribution in [-0.2, 0) is 0 Å². The molecule has 12 heavy (non-hydrogen) atoms. The molecule has 0 unspecified atom stereocenters. The predicted octanol–water partition coefficient (Wildman–Crippen LogP) is 1.96. The molecule has 1 heterocycles. The van der Waals surface area contributed by atoms with E-state index in [0.29, 0.717) is 0 Å². The van der Waals surface area contributed by atoms with Crippen molar-refractivity contribution in [3.63, 3.8) is 0 Å². The van der Waals surface area contributed by atoms with Crippen molar-refractivity contribution in [3.8, 4) is 0 Å². The molecule has 0 aromatic heterocycles. The molecule has 0 aromatic rings. The molecule has 2 nitrogen and oxygen atoms in total. The van der Waals surface area contributed by atoms with Crippen LogP contribution in [0.4, 0.5) is 4.79 Å². The van der Waals surface area contributed by atoms with Crippen molar-refractivity contribution in [1.82, 2.24) is 0 Å². The van der Waals surface area contributed by atoms with Gasteiger partial charge in [0.05, 0.1) is 0 Å². The second kappa shape index (κ2) is 3.39. The van der Waals surface area contributed by atoms with Crippen LogP contribution in [-0.4, -0.2) is 28.2 Å². The van der Waals surface area contributed by atoms with E-state index in [2.05, 4.69) is 0 Å². The normalized spacial score (nSPS) is 17.2. The second-order valence-electron chi connectivity index (χ2n) is 2.99. The fourth-order valence-electron chi connectivity index (χ4n) is 1.19. The molecule has 1 aliphatic heterocycles. The summed E-state index contributed by atoms with van der Waals surface area (Å²) in [7, 11) is 0. The molecule has 3 heteroatoms. The Labute approximate surface area is 76.2 Å². The Balaban J connectivity index is 3.24. The van der Waals surface area contributed by atoms with E-state index in [9.17, 15) is 4.79 Å². The van der Waals surface area contributed by atoms with E-state index in [4.69, 9.17) is 5.11 Å². The van der Waals surface area contributed by atoms with Crippen molar-refractivity contribution in [2.45, 2.75) is 20.8 Å². The van der Waals surface area contributed by atoms with Crippen molar-refractivity contribution in [2.75, 3.05) is 0 Å². The molecule has 64 valence electrons. The van der Waals surface area contributed by atoms with Gasteiger partial charge in [0.15, 0.2) is 0 Å². The Morgan fingerprint density at radius 1 is 1.42 bits per heavy atom. The monoisotopic (exact) mass is 226 g/mol. The number of hydrogen-bond donors (Lipinski definition) is 1. The maximum absolute atomic E-state index is 10.8. The summed E-state index contributed by atoms with van der Waals surface area (Å²) in [6.07, 6.45) is 1.95. The molecule has 0 radical (unpaired) electrons. The summed E-state index contributed by atoms with van der Waals surface area (Å²) in [6, 6.07) is 0. The van der Waals surface area contributed by atoms with Crippen LogP contribution in [0.5, 0.6) is 0 Å². The van der Waals surface area contributed by atoms with E-state index in [1.54, 1.807) is 0 Å². The molecule has 0 saturated heterocycles. The average Bonchev–Trinajstić information content (AvgIpc) is 2.00. The third-order valence-corrected chi connectivity index (χ3v) is 6.79. The Bertz CT molecular complexity index is 321. The minimum absolute atomic E-state index is 0.601. The van der Waals surface area contributed by atoms with Crippen molar-refractivity contribution < 1.29 is 9.90 Å². The number of allylic oxidation sites excluding steroid dienone is 3. The molecule has 0 bridgehead atoms. The predicted molar refractivity (Wildman–Crippen MR) is 52.0 cm³/mol. The van der Waals surface area contributed by atoms with Crippen LogP contribution in [0, 0.1) is 0 Å². The van der Waals surface area contributed by atoms with Crippen molar-refractivity contribution in [2.24, 2.45) is 0 Å². The standard InChI is InChI=1S/C9H12GeO2/c1-6-4-5-10(9(11)12)8(3)7(6)2/h4-5H,1-3H3,(H,11,12). The first-order chi connectivity index (χ1) is 5.54. The fourth-order valence-corrected chi connectivity index (χ4v) is 4.82. The molecule has 0 saturated carbocycles. The summed E-state index contributed by atoms with van der Waals surface area (Å²) < 4.78 is 1.11. The molecule has 1 aliphatic rings. The molecule has 0 aliphatic carbocycles. The number of carboxylic acid groups (broad SMARTS) is 1. The molecule has 0 aromatic carbocycles. The van der Waals surface area contributed by atoms with Gasteiger partial charge in [-0.05, 0) is 0 Å². The molecular formula is C9H12GeO2. The number of hydrogen-bond acceptors (Lipinski definition) is 1. The van der Waals surface area contributed by atoms with Crippen LogP contribution < -0.4 is 0 Å². The molecule has 0 amide bonds. The van der Waals surface area contributed by atoms with E-state index in [1.807, 2.05) is 31.8 Å². The number of rotatable bonds is 1. The van der Waals surface area contributed by atoms with Crippen LogP contribution in [0.1, 0.15) is 20.8 Å². The Morgan fingerprint density at radius 2 is 2.00 bits per heavy atom. The Morgan fingerprint density at radius 3 is 2.50 bits per heavy atom. The maximum atomic E-state index is 10.8. The first-order valence-corrected chi connectivity index (χ1v) is 7.15. The molecule has 1 rings (SSSR count). The number of carbonyl (C=O) groups is 1. The van der Waals surface area contributed by atoms with Crippen LogP contribution in [0.25, 0.3) is 0 Å². The van der Waals surface area contributed by atoms with E-state index in [0.717, 1.165) is 4.35 Å². The fraction of sp³-hybridized carbons (Fsp3) is 0.333. The third-order valence-electron chi connectivity index (χ3n) is 2.29. The van der Waals surface area contributed by atoms with Crippen molar-refractivity contribution in [1.29, 1.82) is 0 Å². The summed E-state index contributed by atoms with van der Waals surface area (Å²) in [5.41, 5.74) is 2.37. The SMILES string of the molecule is CC1=C(C)[C](C)=[Ge]([C](=O)O)[CH]=C1. The Kier molecular flexibility index (Phi) is 2.67. The van der Waals surface area contributed by atoms with Crippen LogP contribution in [0.15, 0.2) is 22.1 Å². The van der Waals surface area contributed by atoms with Crippen LogP contribution in [0.3, 0.4) is 0 Å². The van der Waals surface area contributed by atoms with Crippen molar-refractivity contribution >= 4 is 23.1 Å². The summed E-state index contributed by atoms with van der Waals surface area (Å²) in [4.78, 5) is 12.1. The van der Waals surface area contributed by atoms with E-state index >= 15 is 0 Å². The van der Waals surface area contributed by atoms with E-state index in [-0.39, 0.29) is 0 Å². The van der Waals surface area contributed by atoms with Crippen molar-refractivity contribution in [3.05, 3.63) is 22.1 Å². The first kappa shape index (κ1) is 9.45. The zero-order valence-corrected chi connectivity index (χ0v) is 9.61. The second-order valence-corrected chi connectivity index (χ2v) is 7.89. The first-order valence-electron chi connectivity index (χ1n) is 3.84. The van der Waals surface area contributed by atoms with Gasteiger partial charge in [-0.25, -0.2) is 0 Å². The van der Waals surface area contributed by atoms with Gasteiger partial charge < -0.3 is 0 Å². The van der Waals surface area contributed by atoms with Gasteiger partial charge in [0, 0.05) is 0 Å².